The highest BCUT2D eigenvalue weighted by molar-refractivity contribution is 6.15. The van der Waals surface area contributed by atoms with Crippen LogP contribution in [0, 0.1) is 17.8 Å². The highest BCUT2D eigenvalue weighted by Gasteiger charge is 2.59. The molecule has 1 aromatic heterocycles. The molecular weight excluding hydrogens is 635 g/mol. The molecule has 2 aliphatic heterocycles. The van der Waals surface area contributed by atoms with E-state index in [1.54, 1.807) is 23.6 Å². The molecule has 3 N–H and O–H groups in total. The highest BCUT2D eigenvalue weighted by atomic mass is 16.6. The molecule has 2 fully saturated rings. The molecule has 12 nitrogen and oxygen atoms in total. The number of carbonyl (C=O) groups excluding carboxylic acids is 3. The Balaban J connectivity index is 1.60. The predicted molar refractivity (Wildman–Crippen MR) is 196 cm³/mol. The van der Waals surface area contributed by atoms with Crippen LogP contribution in [-0.2, 0) is 30.3 Å². The van der Waals surface area contributed by atoms with Crippen molar-refractivity contribution in [2.24, 2.45) is 17.8 Å². The molecule has 0 aliphatic carbocycles. The van der Waals surface area contributed by atoms with Gasteiger partial charge < -0.3 is 25.3 Å². The third-order valence-electron chi connectivity index (χ3n) is 11.2. The molecule has 3 heterocycles. The first-order valence-corrected chi connectivity index (χ1v) is 18.1. The zero-order valence-corrected chi connectivity index (χ0v) is 31.2. The molecule has 4 rings (SSSR count). The van der Waals surface area contributed by atoms with Crippen molar-refractivity contribution >= 4 is 31.4 Å². The average Bonchev–Trinajstić information content (AvgIpc) is 3.67. The highest BCUT2D eigenvalue weighted by Crippen LogP contribution is 2.41. The van der Waals surface area contributed by atoms with Gasteiger partial charge in [0.2, 0.25) is 0 Å². The molecule has 0 saturated carbocycles. The number of esters is 1. The number of carbonyl (C=O) groups is 3. The molecule has 1 aromatic carbocycles. The standard InChI is InChI=1S/C37H57BN6O6/c1-9-14-28-33-37(7,50-35(47)44(33)18-12-11-17-43-22-29(41-42-43)26-15-13-16-27(39)19-26)30(10-2)49-34(46)25(5)31(45)24(4)32(38)36(6,48-8)20-23(3)21-40-28/h9,13,15-16,19,22-25,28,30,32-33,40H,1,10-12,14,17-18,20-21,38-39H2,2-8H3/t23-,24+,25-,28-,30-,32-,33-,36-,37-/m1/s1. The average molecular weight is 693 g/mol. The Labute approximate surface area is 298 Å². The maximum absolute atomic E-state index is 13.8. The van der Waals surface area contributed by atoms with E-state index in [1.807, 2.05) is 72.1 Å². The number of benzene rings is 1. The van der Waals surface area contributed by atoms with Crippen LogP contribution in [0.4, 0.5) is 10.5 Å². The molecule has 0 radical (unpaired) electrons. The molecule has 274 valence electrons. The van der Waals surface area contributed by atoms with E-state index in [2.05, 4.69) is 29.1 Å². The van der Waals surface area contributed by atoms with Gasteiger partial charge in [-0.15, -0.1) is 11.7 Å². The van der Waals surface area contributed by atoms with Gasteiger partial charge in [0.1, 0.15) is 31.3 Å². The lowest BCUT2D eigenvalue weighted by Gasteiger charge is -2.42. The summed E-state index contributed by atoms with van der Waals surface area (Å²) in [5, 5.41) is 12.3. The summed E-state index contributed by atoms with van der Waals surface area (Å²) < 4.78 is 20.2. The van der Waals surface area contributed by atoms with Gasteiger partial charge in [-0.2, -0.15) is 0 Å². The van der Waals surface area contributed by atoms with Crippen LogP contribution in [0.15, 0.2) is 43.1 Å². The summed E-state index contributed by atoms with van der Waals surface area (Å²) in [6.07, 6.45) is 5.56. The minimum atomic E-state index is -1.19. The van der Waals surface area contributed by atoms with Crippen LogP contribution in [0.5, 0.6) is 0 Å². The van der Waals surface area contributed by atoms with Crippen LogP contribution in [0.25, 0.3) is 11.3 Å². The number of fused-ring (bicyclic) bond motifs is 1. The van der Waals surface area contributed by atoms with Crippen LogP contribution >= 0.6 is 0 Å². The number of nitrogens with one attached hydrogen (secondary N) is 1. The number of anilines is 1. The predicted octanol–water partition coefficient (Wildman–Crippen LogP) is 4.45. The SMILES string of the molecule is B[C@@H]1[C@@H](C)C(=O)[C@@H](C)C(=O)O[C@H](CC)[C@@]2(C)OC(=O)N(CCCCn3cc(-c4cccc(N)c4)nn3)[C@@H]2[C@@H](CC=C)NC[C@H](C)C[C@@]1(C)OC. The maximum atomic E-state index is 13.8. The Kier molecular flexibility index (Phi) is 12.9. The third-order valence-corrected chi connectivity index (χ3v) is 11.2. The van der Waals surface area contributed by atoms with Crippen molar-refractivity contribution in [3.8, 4) is 11.3 Å². The number of methoxy groups -OCH3 is 1. The second-order valence-electron chi connectivity index (χ2n) is 14.8. The zero-order valence-electron chi connectivity index (χ0n) is 31.2. The van der Waals surface area contributed by atoms with Crippen LogP contribution in [0.1, 0.15) is 73.6 Å². The Morgan fingerprint density at radius 3 is 2.56 bits per heavy atom. The van der Waals surface area contributed by atoms with Crippen molar-refractivity contribution in [3.63, 3.8) is 0 Å². The summed E-state index contributed by atoms with van der Waals surface area (Å²) in [7, 11) is 3.69. The lowest BCUT2D eigenvalue weighted by atomic mass is 9.62. The molecular formula is C37H57BN6O6. The fourth-order valence-electron chi connectivity index (χ4n) is 7.84. The number of nitrogens with two attached hydrogens (primary N) is 1. The van der Waals surface area contributed by atoms with Crippen LogP contribution in [0.3, 0.4) is 0 Å². The number of hydrogen-bond donors (Lipinski definition) is 2. The molecule has 9 atom stereocenters. The van der Waals surface area contributed by atoms with Crippen molar-refractivity contribution in [3.05, 3.63) is 43.1 Å². The fraction of sp³-hybridized carbons (Fsp3) is 0.649. The number of amides is 1. The summed E-state index contributed by atoms with van der Waals surface area (Å²) in [5.74, 6) is -2.22. The summed E-state index contributed by atoms with van der Waals surface area (Å²) in [4.78, 5) is 42.9. The second kappa shape index (κ2) is 16.5. The summed E-state index contributed by atoms with van der Waals surface area (Å²) >= 11 is 0. The van der Waals surface area contributed by atoms with Crippen LogP contribution < -0.4 is 11.1 Å². The Morgan fingerprint density at radius 2 is 1.90 bits per heavy atom. The Morgan fingerprint density at radius 1 is 1.18 bits per heavy atom. The van der Waals surface area contributed by atoms with E-state index < -0.39 is 47.2 Å². The topological polar surface area (TPSA) is 151 Å². The van der Waals surface area contributed by atoms with E-state index in [0.29, 0.717) is 51.0 Å². The van der Waals surface area contributed by atoms with E-state index in [0.717, 1.165) is 17.7 Å². The number of aromatic nitrogens is 3. The molecule has 0 unspecified atom stereocenters. The number of Topliss-reactive ketones (excluding diaryl/α,β-unsaturated/α-hetero) is 1. The first-order valence-electron chi connectivity index (χ1n) is 18.1. The Hall–Kier alpha value is -3.71. The number of cyclic esters (lactones) is 1. The number of hydrogen-bond acceptors (Lipinski definition) is 10. The van der Waals surface area contributed by atoms with Crippen LogP contribution in [-0.4, -0.2) is 95.2 Å². The lowest BCUT2D eigenvalue weighted by Crippen LogP contribution is -2.61. The minimum Gasteiger partial charge on any atom is -0.458 e. The molecule has 0 bridgehead atoms. The van der Waals surface area contributed by atoms with Crippen molar-refractivity contribution in [2.75, 3.05) is 25.9 Å². The fourth-order valence-corrected chi connectivity index (χ4v) is 7.84. The van der Waals surface area contributed by atoms with Gasteiger partial charge in [-0.1, -0.05) is 44.2 Å². The van der Waals surface area contributed by atoms with Gasteiger partial charge in [0.25, 0.3) is 0 Å². The number of nitrogen functional groups attached to an aromatic ring is 1. The molecule has 1 amide bonds. The Bertz CT molecular complexity index is 1500. The van der Waals surface area contributed by atoms with Gasteiger partial charge in [0.05, 0.1) is 17.8 Å². The molecule has 2 aromatic rings. The smallest absolute Gasteiger partial charge is 0.410 e. The van der Waals surface area contributed by atoms with Crippen LogP contribution in [0.2, 0.25) is 5.82 Å². The molecule has 0 spiro atoms. The molecule has 2 aliphatic rings. The number of aryl methyl sites for hydroxylation is 1. The van der Waals surface area contributed by atoms with Gasteiger partial charge in [-0.25, -0.2) is 4.79 Å². The first-order chi connectivity index (χ1) is 23.7. The number of nitrogens with zero attached hydrogens (tertiary/aromatic N) is 4. The number of ketones is 1. The van der Waals surface area contributed by atoms with Gasteiger partial charge >= 0.3 is 12.1 Å². The molecule has 50 heavy (non-hydrogen) atoms. The third kappa shape index (κ3) is 8.42. The van der Waals surface area contributed by atoms with Gasteiger partial charge in [-0.05, 0) is 83.3 Å². The number of rotatable bonds is 10. The van der Waals surface area contributed by atoms with E-state index in [-0.39, 0.29) is 23.6 Å². The number of unbranched alkanes of at least 4 members (excludes halogenated alkanes) is 1. The lowest BCUT2D eigenvalue weighted by molar-refractivity contribution is -0.170. The minimum absolute atomic E-state index is 0.150. The van der Waals surface area contributed by atoms with Crippen molar-refractivity contribution < 1.29 is 28.6 Å². The van der Waals surface area contributed by atoms with Crippen molar-refractivity contribution in [1.29, 1.82) is 0 Å². The van der Waals surface area contributed by atoms with Crippen molar-refractivity contribution in [2.45, 2.75) is 115 Å². The van der Waals surface area contributed by atoms with E-state index >= 15 is 0 Å². The largest absolute Gasteiger partial charge is 0.458 e. The summed E-state index contributed by atoms with van der Waals surface area (Å²) in [5.41, 5.74) is 6.45. The monoisotopic (exact) mass is 692 g/mol. The zero-order chi connectivity index (χ0) is 36.8. The second-order valence-corrected chi connectivity index (χ2v) is 14.8. The summed E-state index contributed by atoms with van der Waals surface area (Å²) in [6.45, 7) is 17.1. The van der Waals surface area contributed by atoms with Gasteiger partial charge in [0, 0.05) is 43.4 Å². The van der Waals surface area contributed by atoms with E-state index in [9.17, 15) is 14.4 Å². The first kappa shape index (κ1) is 39.1. The van der Waals surface area contributed by atoms with E-state index in [1.165, 1.54) is 0 Å². The molecule has 2 saturated heterocycles. The summed E-state index contributed by atoms with van der Waals surface area (Å²) in [6, 6.07) is 6.79. The van der Waals surface area contributed by atoms with Gasteiger partial charge in [0.15, 0.2) is 5.60 Å². The normalized spacial score (nSPS) is 32.8. The number of ether oxygens (including phenoxy) is 3. The van der Waals surface area contributed by atoms with E-state index in [4.69, 9.17) is 19.9 Å². The van der Waals surface area contributed by atoms with Gasteiger partial charge in [-0.3, -0.25) is 19.2 Å². The maximum Gasteiger partial charge on any atom is 0.410 e. The van der Waals surface area contributed by atoms with Crippen molar-refractivity contribution in [1.82, 2.24) is 25.2 Å². The molecule has 13 heteroatoms. The quantitative estimate of drug-likeness (QED) is 0.0913.